The van der Waals surface area contributed by atoms with Crippen molar-refractivity contribution in [3.63, 3.8) is 0 Å². The van der Waals surface area contributed by atoms with Gasteiger partial charge in [-0.2, -0.15) is 0 Å². The number of rotatable bonds is 3. The van der Waals surface area contributed by atoms with Crippen LogP contribution in [-0.4, -0.2) is 19.0 Å². The molecule has 0 aromatic heterocycles. The van der Waals surface area contributed by atoms with E-state index in [1.54, 1.807) is 18.2 Å². The van der Waals surface area contributed by atoms with Crippen LogP contribution in [0.25, 0.3) is 0 Å². The van der Waals surface area contributed by atoms with E-state index in [4.69, 9.17) is 28.9 Å². The summed E-state index contributed by atoms with van der Waals surface area (Å²) in [6.07, 6.45) is 0. The van der Waals surface area contributed by atoms with Gasteiger partial charge in [-0.05, 0) is 37.2 Å². The normalized spacial score (nSPS) is 9.24. The largest absolute Gasteiger partial charge is 0.352 e. The van der Waals surface area contributed by atoms with Crippen molar-refractivity contribution in [2.75, 3.05) is 13.1 Å². The molecule has 0 heterocycles. The molecule has 0 saturated carbocycles. The summed E-state index contributed by atoms with van der Waals surface area (Å²) in [5.41, 5.74) is 6.21. The molecule has 1 aromatic carbocycles. The van der Waals surface area contributed by atoms with Gasteiger partial charge in [0.1, 0.15) is 0 Å². The van der Waals surface area contributed by atoms with Gasteiger partial charge in [0.2, 0.25) is 0 Å². The summed E-state index contributed by atoms with van der Waals surface area (Å²) in [5, 5.41) is 3.30. The Kier molecular flexibility index (Phi) is 8.86. The number of amides is 1. The minimum Gasteiger partial charge on any atom is -0.352 e. The second-order valence-electron chi connectivity index (χ2n) is 3.21. The predicted molar refractivity (Wildman–Crippen MR) is 73.7 cm³/mol. The first kappa shape index (κ1) is 16.2. The molecule has 0 aliphatic rings. The number of benzene rings is 1. The van der Waals surface area contributed by atoms with Crippen LogP contribution in [0.1, 0.15) is 29.8 Å². The lowest BCUT2D eigenvalue weighted by molar-refractivity contribution is 0.0956. The van der Waals surface area contributed by atoms with Gasteiger partial charge >= 0.3 is 0 Å². The Bertz CT molecular complexity index is 356. The smallest absolute Gasteiger partial charge is 0.251 e. The van der Waals surface area contributed by atoms with Crippen LogP contribution in [0.2, 0.25) is 5.02 Å². The maximum Gasteiger partial charge on any atom is 0.251 e. The summed E-state index contributed by atoms with van der Waals surface area (Å²) in [5.74, 6) is 0.210. The fourth-order valence-corrected chi connectivity index (χ4v) is 1.55. The Balaban J connectivity index is 0.000000770. The average Bonchev–Trinajstić information content (AvgIpc) is 2.31. The number of nitrogens with one attached hydrogen (secondary N) is 1. The van der Waals surface area contributed by atoms with E-state index in [1.165, 1.54) is 0 Å². The Labute approximate surface area is 112 Å². The molecule has 0 spiro atoms. The third kappa shape index (κ3) is 5.91. The molecule has 3 N–H and O–H groups in total. The van der Waals surface area contributed by atoms with Crippen molar-refractivity contribution in [3.05, 3.63) is 34.3 Å². The number of hydrogen-bond acceptors (Lipinski definition) is 2. The number of hydrogen-bond donors (Lipinski definition) is 2. The number of halogens is 2. The van der Waals surface area contributed by atoms with Crippen molar-refractivity contribution in [3.8, 4) is 0 Å². The second-order valence-corrected chi connectivity index (χ2v) is 3.88. The van der Waals surface area contributed by atoms with Crippen LogP contribution in [0, 0.1) is 0 Å². The van der Waals surface area contributed by atoms with Gasteiger partial charge in [-0.1, -0.05) is 18.5 Å². The maximum atomic E-state index is 11.4. The molecule has 0 bridgehead atoms. The van der Waals surface area contributed by atoms with Crippen LogP contribution in [0.15, 0.2) is 18.2 Å². The highest BCUT2D eigenvalue weighted by Gasteiger charge is 2.06. The Hall–Kier alpha value is -0.770. The minimum absolute atomic E-state index is 0.101. The van der Waals surface area contributed by atoms with E-state index in [0.29, 0.717) is 23.0 Å². The van der Waals surface area contributed by atoms with Gasteiger partial charge in [-0.3, -0.25) is 4.79 Å². The topological polar surface area (TPSA) is 55.1 Å². The van der Waals surface area contributed by atoms with Gasteiger partial charge in [-0.15, -0.1) is 11.6 Å². The summed E-state index contributed by atoms with van der Waals surface area (Å²) >= 11 is 11.5. The molecule has 96 valence electrons. The van der Waals surface area contributed by atoms with E-state index in [2.05, 4.69) is 5.32 Å². The van der Waals surface area contributed by atoms with Gasteiger partial charge in [0.15, 0.2) is 0 Å². The van der Waals surface area contributed by atoms with E-state index < -0.39 is 0 Å². The Morgan fingerprint density at radius 3 is 2.47 bits per heavy atom. The van der Waals surface area contributed by atoms with E-state index >= 15 is 0 Å². The SMILES string of the molecule is CCN.CCNC(=O)c1ccc(Cl)c(CCl)c1. The van der Waals surface area contributed by atoms with Gasteiger partial charge in [0.25, 0.3) is 5.91 Å². The van der Waals surface area contributed by atoms with Crippen LogP contribution in [-0.2, 0) is 5.88 Å². The predicted octanol–water partition coefficient (Wildman–Crippen LogP) is 2.79. The first-order valence-corrected chi connectivity index (χ1v) is 6.34. The number of alkyl halides is 1. The zero-order valence-corrected chi connectivity index (χ0v) is 11.6. The van der Waals surface area contributed by atoms with Crippen molar-refractivity contribution in [2.45, 2.75) is 19.7 Å². The fraction of sp³-hybridized carbons (Fsp3) is 0.417. The molecule has 5 heteroatoms. The quantitative estimate of drug-likeness (QED) is 0.835. The molecule has 0 radical (unpaired) electrons. The molecule has 0 fully saturated rings. The summed E-state index contributed by atoms with van der Waals surface area (Å²) in [4.78, 5) is 11.4. The highest BCUT2D eigenvalue weighted by atomic mass is 35.5. The van der Waals surface area contributed by atoms with E-state index in [0.717, 1.165) is 12.1 Å². The molecule has 1 rings (SSSR count). The summed E-state index contributed by atoms with van der Waals surface area (Å²) < 4.78 is 0. The van der Waals surface area contributed by atoms with Crippen molar-refractivity contribution in [1.82, 2.24) is 5.32 Å². The van der Waals surface area contributed by atoms with Crippen LogP contribution in [0.4, 0.5) is 0 Å². The molecular formula is C12H18Cl2N2O. The zero-order chi connectivity index (χ0) is 13.3. The second kappa shape index (κ2) is 9.28. The average molecular weight is 277 g/mol. The number of carbonyl (C=O) groups is 1. The maximum absolute atomic E-state index is 11.4. The first-order valence-electron chi connectivity index (χ1n) is 5.43. The van der Waals surface area contributed by atoms with Gasteiger partial charge in [0, 0.05) is 23.0 Å². The van der Waals surface area contributed by atoms with E-state index in [9.17, 15) is 4.79 Å². The highest BCUT2D eigenvalue weighted by Crippen LogP contribution is 2.19. The fourth-order valence-electron chi connectivity index (χ4n) is 1.08. The third-order valence-electron chi connectivity index (χ3n) is 1.79. The van der Waals surface area contributed by atoms with Crippen LogP contribution in [0.5, 0.6) is 0 Å². The lowest BCUT2D eigenvalue weighted by Gasteiger charge is -2.05. The molecule has 17 heavy (non-hydrogen) atoms. The summed E-state index contributed by atoms with van der Waals surface area (Å²) in [7, 11) is 0. The lowest BCUT2D eigenvalue weighted by Crippen LogP contribution is -2.22. The van der Waals surface area contributed by atoms with E-state index in [-0.39, 0.29) is 5.91 Å². The van der Waals surface area contributed by atoms with Crippen molar-refractivity contribution in [2.24, 2.45) is 5.73 Å². The monoisotopic (exact) mass is 276 g/mol. The molecular weight excluding hydrogens is 259 g/mol. The molecule has 1 amide bonds. The van der Waals surface area contributed by atoms with Crippen LogP contribution >= 0.6 is 23.2 Å². The molecule has 0 aliphatic heterocycles. The van der Waals surface area contributed by atoms with E-state index in [1.807, 2.05) is 13.8 Å². The molecule has 0 saturated heterocycles. The standard InChI is InChI=1S/C10H11Cl2NO.C2H7N/c1-2-13-10(14)7-3-4-9(12)8(5-7)6-11;1-2-3/h3-5H,2,6H2,1H3,(H,13,14);2-3H2,1H3. The van der Waals surface area contributed by atoms with Crippen molar-refractivity contribution >= 4 is 29.1 Å². The lowest BCUT2D eigenvalue weighted by atomic mass is 10.1. The van der Waals surface area contributed by atoms with Crippen molar-refractivity contribution < 1.29 is 4.79 Å². The molecule has 3 nitrogen and oxygen atoms in total. The Morgan fingerprint density at radius 2 is 2.00 bits per heavy atom. The Morgan fingerprint density at radius 1 is 1.41 bits per heavy atom. The van der Waals surface area contributed by atoms with Crippen LogP contribution in [0.3, 0.4) is 0 Å². The van der Waals surface area contributed by atoms with Gasteiger partial charge < -0.3 is 11.1 Å². The molecule has 0 unspecified atom stereocenters. The molecule has 0 aliphatic carbocycles. The van der Waals surface area contributed by atoms with Crippen LogP contribution < -0.4 is 11.1 Å². The highest BCUT2D eigenvalue weighted by molar-refractivity contribution is 6.32. The zero-order valence-electron chi connectivity index (χ0n) is 10.1. The van der Waals surface area contributed by atoms with Crippen molar-refractivity contribution in [1.29, 1.82) is 0 Å². The van der Waals surface area contributed by atoms with Gasteiger partial charge in [-0.25, -0.2) is 0 Å². The number of nitrogens with two attached hydrogens (primary N) is 1. The third-order valence-corrected chi connectivity index (χ3v) is 2.45. The summed E-state index contributed by atoms with van der Waals surface area (Å²) in [6.45, 7) is 5.13. The molecule has 0 atom stereocenters. The minimum atomic E-state index is -0.101. The molecule has 1 aromatic rings. The summed E-state index contributed by atoms with van der Waals surface area (Å²) in [6, 6.07) is 5.08. The first-order chi connectivity index (χ1) is 8.10. The van der Waals surface area contributed by atoms with Gasteiger partial charge in [0.05, 0.1) is 0 Å². The number of carbonyl (C=O) groups excluding carboxylic acids is 1.